The highest BCUT2D eigenvalue weighted by Gasteiger charge is 2.26. The molecule has 0 unspecified atom stereocenters. The number of piperidine rings is 1. The van der Waals surface area contributed by atoms with E-state index in [0.717, 1.165) is 41.6 Å². The number of rotatable bonds is 5. The summed E-state index contributed by atoms with van der Waals surface area (Å²) in [4.78, 5) is 22.1. The molecule has 4 nitrogen and oxygen atoms in total. The molecule has 25 heavy (non-hydrogen) atoms. The first-order valence-electron chi connectivity index (χ1n) is 9.96. The molecule has 3 heterocycles. The van der Waals surface area contributed by atoms with E-state index in [2.05, 4.69) is 16.8 Å². The molecule has 0 N–H and O–H groups in total. The summed E-state index contributed by atoms with van der Waals surface area (Å²) < 4.78 is 1.83. The fourth-order valence-electron chi connectivity index (χ4n) is 4.54. The second kappa shape index (κ2) is 7.58. The maximum absolute atomic E-state index is 12.7. The van der Waals surface area contributed by atoms with Crippen LogP contribution < -0.4 is 5.56 Å². The van der Waals surface area contributed by atoms with Crippen molar-refractivity contribution in [2.24, 2.45) is 5.92 Å². The molecule has 5 heteroatoms. The van der Waals surface area contributed by atoms with E-state index in [1.54, 1.807) is 17.7 Å². The first-order valence-corrected chi connectivity index (χ1v) is 10.8. The molecular formula is C20H29N3OS. The summed E-state index contributed by atoms with van der Waals surface area (Å²) in [5.74, 6) is 0.758. The molecule has 1 saturated carbocycles. The summed E-state index contributed by atoms with van der Waals surface area (Å²) in [7, 11) is 0. The van der Waals surface area contributed by atoms with Gasteiger partial charge in [-0.1, -0.05) is 19.8 Å². The molecule has 1 saturated heterocycles. The van der Waals surface area contributed by atoms with E-state index in [-0.39, 0.29) is 5.56 Å². The molecule has 0 atom stereocenters. The zero-order chi connectivity index (χ0) is 17.2. The number of likely N-dealkylation sites (tertiary alicyclic amines) is 1. The van der Waals surface area contributed by atoms with E-state index in [1.165, 1.54) is 56.5 Å². The molecule has 0 spiro atoms. The quantitative estimate of drug-likeness (QED) is 0.808. The van der Waals surface area contributed by atoms with Gasteiger partial charge < -0.3 is 4.90 Å². The van der Waals surface area contributed by atoms with Crippen molar-refractivity contribution in [1.29, 1.82) is 0 Å². The van der Waals surface area contributed by atoms with Crippen LogP contribution in [0.15, 0.2) is 17.2 Å². The highest BCUT2D eigenvalue weighted by Crippen LogP contribution is 2.29. The molecule has 2 fully saturated rings. The molecule has 4 rings (SSSR count). The summed E-state index contributed by atoms with van der Waals surface area (Å²) in [6.45, 7) is 5.45. The maximum atomic E-state index is 12.7. The van der Waals surface area contributed by atoms with Gasteiger partial charge in [0, 0.05) is 17.5 Å². The number of thiophene rings is 1. The van der Waals surface area contributed by atoms with E-state index in [9.17, 15) is 4.79 Å². The lowest BCUT2D eigenvalue weighted by molar-refractivity contribution is 0.129. The Morgan fingerprint density at radius 1 is 1.20 bits per heavy atom. The summed E-state index contributed by atoms with van der Waals surface area (Å²) in [5, 5.41) is 0.806. The molecule has 2 aromatic heterocycles. The van der Waals surface area contributed by atoms with Crippen molar-refractivity contribution in [1.82, 2.24) is 14.5 Å². The van der Waals surface area contributed by atoms with Crippen LogP contribution in [0.4, 0.5) is 0 Å². The van der Waals surface area contributed by atoms with Gasteiger partial charge in [0.2, 0.25) is 0 Å². The Hall–Kier alpha value is -1.20. The lowest BCUT2D eigenvalue weighted by atomic mass is 9.92. The third-order valence-corrected chi connectivity index (χ3v) is 7.37. The Bertz CT molecular complexity index is 767. The van der Waals surface area contributed by atoms with E-state index >= 15 is 0 Å². The Morgan fingerprint density at radius 3 is 2.68 bits per heavy atom. The van der Waals surface area contributed by atoms with Crippen LogP contribution in [-0.2, 0) is 13.0 Å². The van der Waals surface area contributed by atoms with Crippen molar-refractivity contribution < 1.29 is 0 Å². The average molecular weight is 360 g/mol. The number of hydrogen-bond acceptors (Lipinski definition) is 4. The summed E-state index contributed by atoms with van der Waals surface area (Å²) >= 11 is 1.65. The number of hydrogen-bond donors (Lipinski definition) is 0. The minimum atomic E-state index is 0.143. The zero-order valence-electron chi connectivity index (χ0n) is 15.2. The van der Waals surface area contributed by atoms with Gasteiger partial charge in [0.1, 0.15) is 4.83 Å². The maximum Gasteiger partial charge on any atom is 0.262 e. The first-order chi connectivity index (χ1) is 12.2. The predicted octanol–water partition coefficient (Wildman–Crippen LogP) is 4.07. The lowest BCUT2D eigenvalue weighted by Gasteiger charge is -2.36. The lowest BCUT2D eigenvalue weighted by Crippen LogP contribution is -2.40. The van der Waals surface area contributed by atoms with Crippen LogP contribution in [0.25, 0.3) is 10.2 Å². The topological polar surface area (TPSA) is 38.1 Å². The third-order valence-electron chi connectivity index (χ3n) is 6.19. The number of fused-ring (bicyclic) bond motifs is 1. The van der Waals surface area contributed by atoms with Crippen molar-refractivity contribution in [3.8, 4) is 0 Å². The molecule has 0 bridgehead atoms. The molecule has 1 aliphatic carbocycles. The molecule has 136 valence electrons. The van der Waals surface area contributed by atoms with E-state index < -0.39 is 0 Å². The van der Waals surface area contributed by atoms with E-state index in [4.69, 9.17) is 0 Å². The summed E-state index contributed by atoms with van der Waals surface area (Å²) in [5.41, 5.74) is 0.143. The monoisotopic (exact) mass is 359 g/mol. The van der Waals surface area contributed by atoms with Crippen molar-refractivity contribution in [2.45, 2.75) is 70.9 Å². The average Bonchev–Trinajstić information content (AvgIpc) is 3.31. The van der Waals surface area contributed by atoms with Crippen LogP contribution in [0.5, 0.6) is 0 Å². The highest BCUT2D eigenvalue weighted by atomic mass is 32.1. The molecule has 2 aliphatic rings. The molecule has 0 radical (unpaired) electrons. The molecule has 0 amide bonds. The standard InChI is InChI=1S/C20H29N3OS/c1-2-17-13-18-19(25-17)21-14-23(20(18)24)12-9-15-7-10-22(11-8-15)16-5-3-4-6-16/h13-16H,2-12H2,1H3. The fourth-order valence-corrected chi connectivity index (χ4v) is 5.47. The van der Waals surface area contributed by atoms with Crippen LogP contribution in [0.3, 0.4) is 0 Å². The zero-order valence-corrected chi connectivity index (χ0v) is 16.1. The van der Waals surface area contributed by atoms with Crippen molar-refractivity contribution in [2.75, 3.05) is 13.1 Å². The fraction of sp³-hybridized carbons (Fsp3) is 0.700. The van der Waals surface area contributed by atoms with Gasteiger partial charge in [0.25, 0.3) is 5.56 Å². The smallest absolute Gasteiger partial charge is 0.262 e. The van der Waals surface area contributed by atoms with Gasteiger partial charge in [-0.2, -0.15) is 0 Å². The molecule has 1 aliphatic heterocycles. The largest absolute Gasteiger partial charge is 0.300 e. The molecule has 0 aromatic carbocycles. The number of aryl methyl sites for hydroxylation is 2. The first kappa shape index (κ1) is 17.2. The normalized spacial score (nSPS) is 20.7. The Morgan fingerprint density at radius 2 is 1.96 bits per heavy atom. The van der Waals surface area contributed by atoms with E-state index in [0.29, 0.717) is 0 Å². The molecular weight excluding hydrogens is 330 g/mol. The van der Waals surface area contributed by atoms with Crippen molar-refractivity contribution in [3.05, 3.63) is 27.6 Å². The number of nitrogens with zero attached hydrogens (tertiary/aromatic N) is 3. The van der Waals surface area contributed by atoms with Crippen LogP contribution in [0.1, 0.15) is 56.7 Å². The second-order valence-corrected chi connectivity index (χ2v) is 8.85. The predicted molar refractivity (Wildman–Crippen MR) is 104 cm³/mol. The SMILES string of the molecule is CCc1cc2c(=O)n(CCC3CCN(C4CCCC4)CC3)cnc2s1. The van der Waals surface area contributed by atoms with Crippen molar-refractivity contribution in [3.63, 3.8) is 0 Å². The highest BCUT2D eigenvalue weighted by molar-refractivity contribution is 7.18. The van der Waals surface area contributed by atoms with Crippen LogP contribution in [0.2, 0.25) is 0 Å². The van der Waals surface area contributed by atoms with Gasteiger partial charge in [-0.25, -0.2) is 4.98 Å². The van der Waals surface area contributed by atoms with Gasteiger partial charge in [-0.3, -0.25) is 9.36 Å². The van der Waals surface area contributed by atoms with Gasteiger partial charge in [-0.05, 0) is 63.6 Å². The Balaban J connectivity index is 1.35. The van der Waals surface area contributed by atoms with Gasteiger partial charge >= 0.3 is 0 Å². The van der Waals surface area contributed by atoms with Crippen LogP contribution in [-0.4, -0.2) is 33.6 Å². The van der Waals surface area contributed by atoms with Crippen LogP contribution >= 0.6 is 11.3 Å². The Kier molecular flexibility index (Phi) is 5.23. The molecule has 2 aromatic rings. The number of aromatic nitrogens is 2. The summed E-state index contributed by atoms with van der Waals surface area (Å²) in [6, 6.07) is 2.90. The Labute approximate surface area is 153 Å². The van der Waals surface area contributed by atoms with Crippen LogP contribution in [0, 0.1) is 5.92 Å². The third kappa shape index (κ3) is 3.68. The van der Waals surface area contributed by atoms with Crippen molar-refractivity contribution >= 4 is 21.6 Å². The summed E-state index contributed by atoms with van der Waals surface area (Å²) in [6.07, 6.45) is 12.1. The second-order valence-electron chi connectivity index (χ2n) is 7.73. The minimum Gasteiger partial charge on any atom is -0.300 e. The van der Waals surface area contributed by atoms with E-state index in [1.807, 2.05) is 10.6 Å². The van der Waals surface area contributed by atoms with Gasteiger partial charge in [-0.15, -0.1) is 11.3 Å². The minimum absolute atomic E-state index is 0.143. The van der Waals surface area contributed by atoms with Gasteiger partial charge in [0.05, 0.1) is 11.7 Å². The van der Waals surface area contributed by atoms with Gasteiger partial charge in [0.15, 0.2) is 0 Å².